The summed E-state index contributed by atoms with van der Waals surface area (Å²) in [6.45, 7) is 2.44. The number of carbonyl (C=O) groups excluding carboxylic acids is 1. The first kappa shape index (κ1) is 23.8. The van der Waals surface area contributed by atoms with Crippen molar-refractivity contribution in [1.29, 1.82) is 0 Å². The van der Waals surface area contributed by atoms with Crippen LogP contribution in [-0.2, 0) is 10.0 Å². The van der Waals surface area contributed by atoms with Gasteiger partial charge in [0.25, 0.3) is 15.9 Å². The van der Waals surface area contributed by atoms with Crippen LogP contribution in [0.5, 0.6) is 5.75 Å². The number of hydrogen-bond donors (Lipinski definition) is 1. The predicted molar refractivity (Wildman–Crippen MR) is 130 cm³/mol. The Kier molecular flexibility index (Phi) is 6.95. The van der Waals surface area contributed by atoms with Gasteiger partial charge in [-0.15, -0.1) is 0 Å². The standard InChI is InChI=1S/C24H23ClFN3O4S/c1-33-22-5-3-2-4-21(22)28-12-14-29(15-13-28)24(30)17-6-9-19(10-7-17)27-34(31,32)23-11-8-18(26)16-20(23)25/h2-11,16,27H,12-15H2,1H3. The largest absolute Gasteiger partial charge is 0.495 e. The fraction of sp³-hybridized carbons (Fsp3) is 0.208. The van der Waals surface area contributed by atoms with Crippen LogP contribution in [0.4, 0.5) is 15.8 Å². The highest BCUT2D eigenvalue weighted by molar-refractivity contribution is 7.92. The number of piperazine rings is 1. The monoisotopic (exact) mass is 503 g/mol. The summed E-state index contributed by atoms with van der Waals surface area (Å²) >= 11 is 5.88. The summed E-state index contributed by atoms with van der Waals surface area (Å²) in [7, 11) is -2.38. The molecule has 0 atom stereocenters. The zero-order chi connectivity index (χ0) is 24.3. The van der Waals surface area contributed by atoms with Gasteiger partial charge in [0.05, 0.1) is 17.8 Å². The second-order valence-electron chi connectivity index (χ2n) is 7.71. The summed E-state index contributed by atoms with van der Waals surface area (Å²) < 4.78 is 46.2. The third kappa shape index (κ3) is 5.10. The van der Waals surface area contributed by atoms with Gasteiger partial charge in [-0.25, -0.2) is 12.8 Å². The van der Waals surface area contributed by atoms with E-state index < -0.39 is 15.8 Å². The second kappa shape index (κ2) is 9.90. The molecule has 1 amide bonds. The third-order valence-electron chi connectivity index (χ3n) is 5.56. The van der Waals surface area contributed by atoms with Crippen LogP contribution < -0.4 is 14.4 Å². The molecule has 34 heavy (non-hydrogen) atoms. The molecule has 0 aromatic heterocycles. The number of nitrogens with one attached hydrogen (secondary N) is 1. The van der Waals surface area contributed by atoms with Crippen molar-refractivity contribution >= 4 is 38.9 Å². The molecule has 3 aromatic carbocycles. The summed E-state index contributed by atoms with van der Waals surface area (Å²) in [5.74, 6) is 0.0356. The lowest BCUT2D eigenvalue weighted by atomic mass is 10.1. The maximum atomic E-state index is 13.2. The van der Waals surface area contributed by atoms with Gasteiger partial charge < -0.3 is 14.5 Å². The summed E-state index contributed by atoms with van der Waals surface area (Å²) in [5, 5.41) is -0.216. The SMILES string of the molecule is COc1ccccc1N1CCN(C(=O)c2ccc(NS(=O)(=O)c3ccc(F)cc3Cl)cc2)CC1. The molecule has 1 aliphatic rings. The molecule has 1 aliphatic heterocycles. The topological polar surface area (TPSA) is 79.0 Å². The van der Waals surface area contributed by atoms with E-state index in [-0.39, 0.29) is 21.5 Å². The lowest BCUT2D eigenvalue weighted by Crippen LogP contribution is -2.48. The molecule has 0 radical (unpaired) electrons. The highest BCUT2D eigenvalue weighted by Crippen LogP contribution is 2.29. The average molecular weight is 504 g/mol. The van der Waals surface area contributed by atoms with Gasteiger partial charge in [-0.3, -0.25) is 9.52 Å². The van der Waals surface area contributed by atoms with Crippen molar-refractivity contribution in [3.8, 4) is 5.75 Å². The minimum absolute atomic E-state index is 0.129. The molecule has 1 N–H and O–H groups in total. The maximum absolute atomic E-state index is 13.2. The fourth-order valence-corrected chi connectivity index (χ4v) is 5.40. The molecule has 0 spiro atoms. The number of hydrogen-bond acceptors (Lipinski definition) is 5. The lowest BCUT2D eigenvalue weighted by molar-refractivity contribution is 0.0746. The fourth-order valence-electron chi connectivity index (χ4n) is 3.81. The van der Waals surface area contributed by atoms with E-state index in [9.17, 15) is 17.6 Å². The van der Waals surface area contributed by atoms with E-state index in [2.05, 4.69) is 9.62 Å². The highest BCUT2D eigenvalue weighted by Gasteiger charge is 2.24. The number of ether oxygens (including phenoxy) is 1. The first-order chi connectivity index (χ1) is 16.3. The zero-order valence-corrected chi connectivity index (χ0v) is 19.9. The Bertz CT molecular complexity index is 1290. The van der Waals surface area contributed by atoms with Crippen molar-refractivity contribution in [2.45, 2.75) is 4.90 Å². The number of anilines is 2. The molecule has 0 bridgehead atoms. The molecule has 1 fully saturated rings. The van der Waals surface area contributed by atoms with Crippen LogP contribution in [0.1, 0.15) is 10.4 Å². The van der Waals surface area contributed by atoms with Crippen molar-refractivity contribution in [2.75, 3.05) is 42.9 Å². The number of carbonyl (C=O) groups is 1. The van der Waals surface area contributed by atoms with E-state index in [1.165, 1.54) is 12.1 Å². The maximum Gasteiger partial charge on any atom is 0.263 e. The van der Waals surface area contributed by atoms with Crippen LogP contribution in [0.3, 0.4) is 0 Å². The Hall–Kier alpha value is -3.30. The summed E-state index contributed by atoms with van der Waals surface area (Å²) in [6, 6.07) is 17.0. The van der Waals surface area contributed by atoms with Crippen molar-refractivity contribution in [2.24, 2.45) is 0 Å². The number of benzene rings is 3. The van der Waals surface area contributed by atoms with Crippen LogP contribution in [-0.4, -0.2) is 52.5 Å². The normalized spacial score (nSPS) is 14.1. The van der Waals surface area contributed by atoms with Crippen LogP contribution in [0.25, 0.3) is 0 Å². The smallest absolute Gasteiger partial charge is 0.263 e. The first-order valence-corrected chi connectivity index (χ1v) is 12.4. The Morgan fingerprint density at radius 1 is 1.00 bits per heavy atom. The van der Waals surface area contributed by atoms with E-state index in [1.54, 1.807) is 24.1 Å². The molecular formula is C24H23ClFN3O4S. The molecule has 0 unspecified atom stereocenters. The number of methoxy groups -OCH3 is 1. The Balaban J connectivity index is 1.40. The first-order valence-electron chi connectivity index (χ1n) is 10.5. The Morgan fingerprint density at radius 3 is 2.32 bits per heavy atom. The van der Waals surface area contributed by atoms with Gasteiger partial charge >= 0.3 is 0 Å². The quantitative estimate of drug-likeness (QED) is 0.544. The van der Waals surface area contributed by atoms with Gasteiger partial charge in [-0.1, -0.05) is 23.7 Å². The lowest BCUT2D eigenvalue weighted by Gasteiger charge is -2.36. The number of para-hydroxylation sites is 2. The minimum Gasteiger partial charge on any atom is -0.495 e. The molecule has 7 nitrogen and oxygen atoms in total. The average Bonchev–Trinajstić information content (AvgIpc) is 2.83. The van der Waals surface area contributed by atoms with Gasteiger partial charge in [0.15, 0.2) is 0 Å². The molecule has 0 saturated carbocycles. The highest BCUT2D eigenvalue weighted by atomic mass is 35.5. The van der Waals surface area contributed by atoms with E-state index in [1.807, 2.05) is 24.3 Å². The van der Waals surface area contributed by atoms with Crippen LogP contribution in [0.15, 0.2) is 71.6 Å². The minimum atomic E-state index is -4.01. The molecule has 178 valence electrons. The van der Waals surface area contributed by atoms with E-state index in [0.29, 0.717) is 31.7 Å². The number of amides is 1. The molecule has 0 aliphatic carbocycles. The van der Waals surface area contributed by atoms with E-state index >= 15 is 0 Å². The molecule has 3 aromatic rings. The number of sulfonamides is 1. The molecule has 1 heterocycles. The number of rotatable bonds is 6. The van der Waals surface area contributed by atoms with Crippen molar-refractivity contribution in [3.05, 3.63) is 83.1 Å². The third-order valence-corrected chi connectivity index (χ3v) is 7.42. The van der Waals surface area contributed by atoms with Gasteiger partial charge in [-0.05, 0) is 54.6 Å². The van der Waals surface area contributed by atoms with E-state index in [4.69, 9.17) is 16.3 Å². The molecule has 1 saturated heterocycles. The van der Waals surface area contributed by atoms with Gasteiger partial charge in [-0.2, -0.15) is 0 Å². The molecule has 4 rings (SSSR count). The van der Waals surface area contributed by atoms with Gasteiger partial charge in [0, 0.05) is 37.4 Å². The van der Waals surface area contributed by atoms with Crippen LogP contribution in [0.2, 0.25) is 5.02 Å². The van der Waals surface area contributed by atoms with Gasteiger partial charge in [0.1, 0.15) is 16.5 Å². The summed E-state index contributed by atoms with van der Waals surface area (Å²) in [6.07, 6.45) is 0. The zero-order valence-electron chi connectivity index (χ0n) is 18.4. The van der Waals surface area contributed by atoms with Crippen LogP contribution >= 0.6 is 11.6 Å². The van der Waals surface area contributed by atoms with Crippen molar-refractivity contribution < 1.29 is 22.3 Å². The summed E-state index contributed by atoms with van der Waals surface area (Å²) in [4.78, 5) is 16.7. The van der Waals surface area contributed by atoms with Gasteiger partial charge in [0.2, 0.25) is 0 Å². The Morgan fingerprint density at radius 2 is 1.68 bits per heavy atom. The molecular weight excluding hydrogens is 481 g/mol. The summed E-state index contributed by atoms with van der Waals surface area (Å²) in [5.41, 5.74) is 1.71. The number of halogens is 2. The van der Waals surface area contributed by atoms with Crippen LogP contribution in [0, 0.1) is 5.82 Å². The predicted octanol–water partition coefficient (Wildman–Crippen LogP) is 4.25. The Labute approximate surface area is 202 Å². The second-order valence-corrected chi connectivity index (χ2v) is 9.77. The molecule has 10 heteroatoms. The van der Waals surface area contributed by atoms with E-state index in [0.717, 1.165) is 29.6 Å². The number of nitrogens with zero attached hydrogens (tertiary/aromatic N) is 2. The van der Waals surface area contributed by atoms with Crippen molar-refractivity contribution in [1.82, 2.24) is 4.90 Å². The van der Waals surface area contributed by atoms with Crippen molar-refractivity contribution in [3.63, 3.8) is 0 Å².